The van der Waals surface area contributed by atoms with Crippen LogP contribution in [-0.2, 0) is 4.79 Å². The third-order valence-electron chi connectivity index (χ3n) is 4.25. The number of ether oxygens (including phenoxy) is 1. The molecule has 2 aromatic rings. The fourth-order valence-electron chi connectivity index (χ4n) is 2.95. The summed E-state index contributed by atoms with van der Waals surface area (Å²) in [6.07, 6.45) is 2.08. The van der Waals surface area contributed by atoms with Crippen molar-refractivity contribution in [1.29, 1.82) is 0 Å². The molecule has 2 amide bonds. The van der Waals surface area contributed by atoms with Gasteiger partial charge in [-0.25, -0.2) is 8.78 Å². The van der Waals surface area contributed by atoms with Gasteiger partial charge in [0.2, 0.25) is 5.91 Å². The molecule has 0 bridgehead atoms. The van der Waals surface area contributed by atoms with Crippen molar-refractivity contribution in [2.45, 2.75) is 12.8 Å². The molecule has 0 spiro atoms. The van der Waals surface area contributed by atoms with Crippen molar-refractivity contribution in [3.05, 3.63) is 53.6 Å². The third kappa shape index (κ3) is 4.52. The van der Waals surface area contributed by atoms with Gasteiger partial charge < -0.3 is 20.7 Å². The first-order valence-electron chi connectivity index (χ1n) is 8.50. The van der Waals surface area contributed by atoms with E-state index >= 15 is 0 Å². The summed E-state index contributed by atoms with van der Waals surface area (Å²) in [5, 5.41) is 2.67. The highest BCUT2D eigenvalue weighted by molar-refractivity contribution is 5.99. The first-order chi connectivity index (χ1) is 12.9. The molecule has 3 N–H and O–H groups in total. The number of nitrogens with two attached hydrogens (primary N) is 1. The largest absolute Gasteiger partial charge is 0.481 e. The van der Waals surface area contributed by atoms with E-state index in [0.29, 0.717) is 11.8 Å². The molecule has 8 heteroatoms. The number of amides is 2. The van der Waals surface area contributed by atoms with Gasteiger partial charge in [-0.15, -0.1) is 0 Å². The summed E-state index contributed by atoms with van der Waals surface area (Å²) in [6, 6.07) is 7.68. The van der Waals surface area contributed by atoms with Crippen LogP contribution in [0.3, 0.4) is 0 Å². The Morgan fingerprint density at radius 2 is 1.85 bits per heavy atom. The molecule has 3 rings (SSSR count). The molecule has 0 radical (unpaired) electrons. The molecule has 1 saturated heterocycles. The summed E-state index contributed by atoms with van der Waals surface area (Å²) >= 11 is 0. The molecule has 142 valence electrons. The monoisotopic (exact) mass is 375 g/mol. The van der Waals surface area contributed by atoms with Crippen LogP contribution in [0.4, 0.5) is 20.2 Å². The Morgan fingerprint density at radius 3 is 2.52 bits per heavy atom. The van der Waals surface area contributed by atoms with E-state index in [1.807, 2.05) is 0 Å². The molecule has 0 atom stereocenters. The lowest BCUT2D eigenvalue weighted by Crippen LogP contribution is -2.25. The van der Waals surface area contributed by atoms with Crippen LogP contribution in [0.15, 0.2) is 36.4 Å². The molecule has 1 heterocycles. The highest BCUT2D eigenvalue weighted by Crippen LogP contribution is 2.30. The quantitative estimate of drug-likeness (QED) is 0.813. The predicted molar refractivity (Wildman–Crippen MR) is 96.9 cm³/mol. The van der Waals surface area contributed by atoms with E-state index in [9.17, 15) is 18.4 Å². The van der Waals surface area contributed by atoms with Gasteiger partial charge in [-0.3, -0.25) is 9.59 Å². The number of primary amides is 1. The number of hydrogen-bond donors (Lipinski definition) is 2. The zero-order valence-electron chi connectivity index (χ0n) is 14.5. The number of carbonyl (C=O) groups excluding carboxylic acids is 2. The van der Waals surface area contributed by atoms with Crippen LogP contribution in [0.2, 0.25) is 0 Å². The highest BCUT2D eigenvalue weighted by atomic mass is 19.1. The van der Waals surface area contributed by atoms with Crippen LogP contribution in [-0.4, -0.2) is 31.5 Å². The van der Waals surface area contributed by atoms with Crippen LogP contribution in [0, 0.1) is 11.6 Å². The molecule has 0 saturated carbocycles. The van der Waals surface area contributed by atoms with Crippen molar-refractivity contribution in [2.75, 3.05) is 29.9 Å². The SMILES string of the molecule is NC(=O)c1ccc(N2CCCC2)c(NC(=O)COc2ccc(F)cc2F)c1. The second-order valence-electron chi connectivity index (χ2n) is 6.20. The van der Waals surface area contributed by atoms with E-state index in [1.54, 1.807) is 12.1 Å². The summed E-state index contributed by atoms with van der Waals surface area (Å²) in [7, 11) is 0. The average Bonchev–Trinajstić information content (AvgIpc) is 3.15. The summed E-state index contributed by atoms with van der Waals surface area (Å²) < 4.78 is 31.6. The van der Waals surface area contributed by atoms with Gasteiger partial charge in [0.25, 0.3) is 5.91 Å². The standard InChI is InChI=1S/C19H19F2N3O3/c20-13-4-6-17(14(21)10-13)27-11-18(25)23-15-9-12(19(22)26)3-5-16(15)24-7-1-2-8-24/h3-6,9-10H,1-2,7-8,11H2,(H2,22,26)(H,23,25). The van der Waals surface area contributed by atoms with Crippen LogP contribution < -0.4 is 20.7 Å². The lowest BCUT2D eigenvalue weighted by molar-refractivity contribution is -0.118. The molecule has 27 heavy (non-hydrogen) atoms. The number of carbonyl (C=O) groups is 2. The van der Waals surface area contributed by atoms with E-state index in [4.69, 9.17) is 10.5 Å². The summed E-state index contributed by atoms with van der Waals surface area (Å²) in [5.41, 5.74) is 6.79. The maximum Gasteiger partial charge on any atom is 0.262 e. The molecule has 0 aliphatic carbocycles. The lowest BCUT2D eigenvalue weighted by atomic mass is 10.1. The second-order valence-corrected chi connectivity index (χ2v) is 6.20. The fraction of sp³-hybridized carbons (Fsp3) is 0.263. The molecule has 1 aliphatic rings. The van der Waals surface area contributed by atoms with Gasteiger partial charge in [0, 0.05) is 24.7 Å². The average molecular weight is 375 g/mol. The summed E-state index contributed by atoms with van der Waals surface area (Å²) in [6.45, 7) is 1.22. The predicted octanol–water partition coefficient (Wildman–Crippen LogP) is 2.68. The Hall–Kier alpha value is -3.16. The lowest BCUT2D eigenvalue weighted by Gasteiger charge is -2.22. The number of benzene rings is 2. The van der Waals surface area contributed by atoms with Crippen LogP contribution in [0.1, 0.15) is 23.2 Å². The first kappa shape index (κ1) is 18.6. The normalized spacial score (nSPS) is 13.5. The number of halogens is 2. The van der Waals surface area contributed by atoms with Gasteiger partial charge in [0.05, 0.1) is 11.4 Å². The van der Waals surface area contributed by atoms with Gasteiger partial charge in [-0.2, -0.15) is 0 Å². The molecule has 0 unspecified atom stereocenters. The molecular weight excluding hydrogens is 356 g/mol. The Kier molecular flexibility index (Phi) is 5.54. The van der Waals surface area contributed by atoms with Crippen molar-refractivity contribution < 1.29 is 23.1 Å². The van der Waals surface area contributed by atoms with Crippen molar-refractivity contribution in [1.82, 2.24) is 0 Å². The maximum absolute atomic E-state index is 13.6. The Morgan fingerprint density at radius 1 is 1.11 bits per heavy atom. The zero-order valence-corrected chi connectivity index (χ0v) is 14.5. The van der Waals surface area contributed by atoms with Gasteiger partial charge in [0.15, 0.2) is 18.2 Å². The summed E-state index contributed by atoms with van der Waals surface area (Å²) in [5.74, 6) is -3.00. The van der Waals surface area contributed by atoms with E-state index in [1.165, 1.54) is 6.07 Å². The van der Waals surface area contributed by atoms with Crippen LogP contribution >= 0.6 is 0 Å². The molecule has 1 fully saturated rings. The smallest absolute Gasteiger partial charge is 0.262 e. The Bertz CT molecular complexity index is 867. The van der Waals surface area contributed by atoms with Crippen LogP contribution in [0.5, 0.6) is 5.75 Å². The van der Waals surface area contributed by atoms with E-state index in [-0.39, 0.29) is 11.3 Å². The maximum atomic E-state index is 13.6. The Balaban J connectivity index is 1.73. The zero-order chi connectivity index (χ0) is 19.4. The van der Waals surface area contributed by atoms with Crippen molar-refractivity contribution >= 4 is 23.2 Å². The molecular formula is C19H19F2N3O3. The Labute approximate surface area is 154 Å². The minimum Gasteiger partial charge on any atom is -0.481 e. The van der Waals surface area contributed by atoms with Gasteiger partial charge in [-0.1, -0.05) is 0 Å². The third-order valence-corrected chi connectivity index (χ3v) is 4.25. The minimum absolute atomic E-state index is 0.225. The molecule has 6 nitrogen and oxygen atoms in total. The molecule has 0 aromatic heterocycles. The van der Waals surface area contributed by atoms with Gasteiger partial charge in [-0.05, 0) is 43.2 Å². The number of hydrogen-bond acceptors (Lipinski definition) is 4. The van der Waals surface area contributed by atoms with Gasteiger partial charge in [0.1, 0.15) is 5.82 Å². The number of nitrogens with zero attached hydrogens (tertiary/aromatic N) is 1. The first-order valence-corrected chi connectivity index (χ1v) is 8.50. The molecule has 1 aliphatic heterocycles. The van der Waals surface area contributed by atoms with Gasteiger partial charge >= 0.3 is 0 Å². The molecule has 2 aromatic carbocycles. The second kappa shape index (κ2) is 8.03. The van der Waals surface area contributed by atoms with E-state index in [0.717, 1.165) is 43.8 Å². The topological polar surface area (TPSA) is 84.7 Å². The minimum atomic E-state index is -0.892. The number of rotatable bonds is 6. The highest BCUT2D eigenvalue weighted by Gasteiger charge is 2.19. The van der Waals surface area contributed by atoms with E-state index < -0.39 is 30.1 Å². The van der Waals surface area contributed by atoms with E-state index in [2.05, 4.69) is 10.2 Å². The number of anilines is 2. The fourth-order valence-corrected chi connectivity index (χ4v) is 2.95. The summed E-state index contributed by atoms with van der Waals surface area (Å²) in [4.78, 5) is 25.8. The van der Waals surface area contributed by atoms with Crippen molar-refractivity contribution in [2.24, 2.45) is 5.73 Å². The van der Waals surface area contributed by atoms with Crippen LogP contribution in [0.25, 0.3) is 0 Å². The van der Waals surface area contributed by atoms with Crippen molar-refractivity contribution in [3.8, 4) is 5.75 Å². The number of nitrogens with one attached hydrogen (secondary N) is 1. The van der Waals surface area contributed by atoms with Crippen molar-refractivity contribution in [3.63, 3.8) is 0 Å².